The first kappa shape index (κ1) is 14.9. The summed E-state index contributed by atoms with van der Waals surface area (Å²) in [7, 11) is 4.24. The molecule has 116 valence electrons. The van der Waals surface area contributed by atoms with Crippen LogP contribution in [0.4, 0.5) is 0 Å². The van der Waals surface area contributed by atoms with E-state index in [-0.39, 0.29) is 6.10 Å². The summed E-state index contributed by atoms with van der Waals surface area (Å²) in [4.78, 5) is 9.08. The van der Waals surface area contributed by atoms with Gasteiger partial charge in [-0.15, -0.1) is 0 Å². The molecular formula is C16H25N3O2. The summed E-state index contributed by atoms with van der Waals surface area (Å²) in [6.45, 7) is 5.45. The van der Waals surface area contributed by atoms with Crippen LogP contribution in [-0.2, 0) is 16.1 Å². The SMILES string of the molecule is CN(C)CCN1C[C@H](OCc2ccccn2)[C@@H]2COC[C@@H]21. The summed E-state index contributed by atoms with van der Waals surface area (Å²) in [6.07, 6.45) is 2.08. The van der Waals surface area contributed by atoms with Gasteiger partial charge in [0.1, 0.15) is 0 Å². The zero-order valence-electron chi connectivity index (χ0n) is 12.9. The van der Waals surface area contributed by atoms with Gasteiger partial charge in [-0.05, 0) is 26.2 Å². The van der Waals surface area contributed by atoms with E-state index in [1.807, 2.05) is 24.4 Å². The fraction of sp³-hybridized carbons (Fsp3) is 0.688. The molecule has 1 aromatic rings. The van der Waals surface area contributed by atoms with Crippen molar-refractivity contribution < 1.29 is 9.47 Å². The standard InChI is InChI=1S/C16H25N3O2/c1-18(2)7-8-19-9-16(14-11-20-12-15(14)19)21-10-13-5-3-4-6-17-13/h3-6,14-16H,7-12H2,1-2H3/t14-,15+,16+/m1/s1. The van der Waals surface area contributed by atoms with E-state index in [4.69, 9.17) is 9.47 Å². The van der Waals surface area contributed by atoms with E-state index in [2.05, 4.69) is 28.9 Å². The first-order chi connectivity index (χ1) is 10.2. The van der Waals surface area contributed by atoms with Gasteiger partial charge in [-0.3, -0.25) is 9.88 Å². The third kappa shape index (κ3) is 3.61. The van der Waals surface area contributed by atoms with E-state index in [1.165, 1.54) is 0 Å². The van der Waals surface area contributed by atoms with E-state index < -0.39 is 0 Å². The van der Waals surface area contributed by atoms with E-state index in [1.54, 1.807) is 0 Å². The Bertz CT molecular complexity index is 440. The largest absolute Gasteiger partial charge is 0.379 e. The molecule has 2 saturated heterocycles. The number of rotatable bonds is 6. The molecule has 0 bridgehead atoms. The number of hydrogen-bond acceptors (Lipinski definition) is 5. The molecule has 1 aromatic heterocycles. The fourth-order valence-corrected chi connectivity index (χ4v) is 3.23. The number of likely N-dealkylation sites (N-methyl/N-ethyl adjacent to an activating group) is 1. The molecule has 0 aliphatic carbocycles. The summed E-state index contributed by atoms with van der Waals surface area (Å²) in [5.74, 6) is 0.510. The highest BCUT2D eigenvalue weighted by Crippen LogP contribution is 2.32. The Hall–Kier alpha value is -1.01. The molecule has 0 unspecified atom stereocenters. The summed E-state index contributed by atoms with van der Waals surface area (Å²) in [5.41, 5.74) is 1.000. The molecule has 2 fully saturated rings. The fourth-order valence-electron chi connectivity index (χ4n) is 3.23. The zero-order chi connectivity index (χ0) is 14.7. The Morgan fingerprint density at radius 3 is 3.05 bits per heavy atom. The van der Waals surface area contributed by atoms with E-state index in [9.17, 15) is 0 Å². The third-order valence-corrected chi connectivity index (χ3v) is 4.46. The molecule has 21 heavy (non-hydrogen) atoms. The monoisotopic (exact) mass is 291 g/mol. The quantitative estimate of drug-likeness (QED) is 0.777. The lowest BCUT2D eigenvalue weighted by atomic mass is 10.0. The van der Waals surface area contributed by atoms with Gasteiger partial charge >= 0.3 is 0 Å². The van der Waals surface area contributed by atoms with Gasteiger partial charge in [-0.25, -0.2) is 0 Å². The van der Waals surface area contributed by atoms with Gasteiger partial charge in [0.2, 0.25) is 0 Å². The highest BCUT2D eigenvalue weighted by molar-refractivity contribution is 5.03. The molecule has 0 N–H and O–H groups in total. The maximum atomic E-state index is 6.14. The van der Waals surface area contributed by atoms with Gasteiger partial charge in [0.05, 0.1) is 31.6 Å². The Kier molecular flexibility index (Phi) is 4.85. The Morgan fingerprint density at radius 1 is 1.38 bits per heavy atom. The van der Waals surface area contributed by atoms with Crippen LogP contribution in [0.25, 0.3) is 0 Å². The Balaban J connectivity index is 1.56. The maximum Gasteiger partial charge on any atom is 0.0892 e. The van der Waals surface area contributed by atoms with E-state index >= 15 is 0 Å². The van der Waals surface area contributed by atoms with Crippen LogP contribution in [-0.4, -0.2) is 73.9 Å². The molecule has 0 radical (unpaired) electrons. The molecule has 0 spiro atoms. The summed E-state index contributed by atoms with van der Waals surface area (Å²) < 4.78 is 11.8. The maximum absolute atomic E-state index is 6.14. The number of likely N-dealkylation sites (tertiary alicyclic amines) is 1. The van der Waals surface area contributed by atoms with Crippen LogP contribution in [0.3, 0.4) is 0 Å². The highest BCUT2D eigenvalue weighted by atomic mass is 16.5. The van der Waals surface area contributed by atoms with Crippen molar-refractivity contribution in [3.05, 3.63) is 30.1 Å². The molecule has 0 amide bonds. The second kappa shape index (κ2) is 6.83. The summed E-state index contributed by atoms with van der Waals surface area (Å²) in [5, 5.41) is 0. The molecule has 3 rings (SSSR count). The second-order valence-electron chi connectivity index (χ2n) is 6.24. The van der Waals surface area contributed by atoms with Crippen LogP contribution in [0.5, 0.6) is 0 Å². The first-order valence-corrected chi connectivity index (χ1v) is 7.72. The number of ether oxygens (including phenoxy) is 2. The molecule has 0 saturated carbocycles. The van der Waals surface area contributed by atoms with Gasteiger partial charge in [0.15, 0.2) is 0 Å². The second-order valence-corrected chi connectivity index (χ2v) is 6.24. The average Bonchev–Trinajstić information content (AvgIpc) is 3.07. The van der Waals surface area contributed by atoms with Gasteiger partial charge in [0.25, 0.3) is 0 Å². The van der Waals surface area contributed by atoms with Crippen LogP contribution in [0, 0.1) is 5.92 Å². The van der Waals surface area contributed by atoms with Gasteiger partial charge in [-0.2, -0.15) is 0 Å². The van der Waals surface area contributed by atoms with Crippen LogP contribution >= 0.6 is 0 Å². The average molecular weight is 291 g/mol. The van der Waals surface area contributed by atoms with Crippen molar-refractivity contribution in [3.63, 3.8) is 0 Å². The molecule has 5 nitrogen and oxygen atoms in total. The van der Waals surface area contributed by atoms with Gasteiger partial charge < -0.3 is 14.4 Å². The van der Waals surface area contributed by atoms with Crippen LogP contribution in [0.2, 0.25) is 0 Å². The number of pyridine rings is 1. The smallest absolute Gasteiger partial charge is 0.0892 e. The lowest BCUT2D eigenvalue weighted by molar-refractivity contribution is 0.00760. The van der Waals surface area contributed by atoms with Crippen molar-refractivity contribution in [2.24, 2.45) is 5.92 Å². The molecule has 2 aliphatic rings. The van der Waals surface area contributed by atoms with Crippen molar-refractivity contribution in [2.45, 2.75) is 18.8 Å². The van der Waals surface area contributed by atoms with Crippen molar-refractivity contribution in [1.29, 1.82) is 0 Å². The minimum atomic E-state index is 0.265. The van der Waals surface area contributed by atoms with E-state index in [0.29, 0.717) is 18.6 Å². The van der Waals surface area contributed by atoms with Gasteiger partial charge in [-0.1, -0.05) is 6.07 Å². The molecule has 3 atom stereocenters. The molecule has 2 aliphatic heterocycles. The lowest BCUT2D eigenvalue weighted by Crippen LogP contribution is -2.37. The molecule has 5 heteroatoms. The zero-order valence-corrected chi connectivity index (χ0v) is 12.9. The van der Waals surface area contributed by atoms with Gasteiger partial charge in [0, 0.05) is 37.8 Å². The predicted molar refractivity (Wildman–Crippen MR) is 81.0 cm³/mol. The minimum absolute atomic E-state index is 0.265. The Morgan fingerprint density at radius 2 is 2.29 bits per heavy atom. The third-order valence-electron chi connectivity index (χ3n) is 4.46. The predicted octanol–water partition coefficient (Wildman–Crippen LogP) is 0.859. The Labute approximate surface area is 126 Å². The molecular weight excluding hydrogens is 266 g/mol. The number of nitrogens with zero attached hydrogens (tertiary/aromatic N) is 3. The number of fused-ring (bicyclic) bond motifs is 1. The molecule has 3 heterocycles. The summed E-state index contributed by atoms with van der Waals surface area (Å²) in [6, 6.07) is 6.48. The first-order valence-electron chi connectivity index (χ1n) is 7.72. The van der Waals surface area contributed by atoms with Crippen molar-refractivity contribution in [3.8, 4) is 0 Å². The van der Waals surface area contributed by atoms with E-state index in [0.717, 1.165) is 38.5 Å². The normalized spacial score (nSPS) is 29.2. The van der Waals surface area contributed by atoms with Crippen LogP contribution in [0.15, 0.2) is 24.4 Å². The van der Waals surface area contributed by atoms with Crippen LogP contribution < -0.4 is 0 Å². The highest BCUT2D eigenvalue weighted by Gasteiger charge is 2.45. The summed E-state index contributed by atoms with van der Waals surface area (Å²) >= 11 is 0. The van der Waals surface area contributed by atoms with Crippen molar-refractivity contribution in [2.75, 3.05) is 46.9 Å². The van der Waals surface area contributed by atoms with Crippen molar-refractivity contribution in [1.82, 2.24) is 14.8 Å². The number of hydrogen-bond donors (Lipinski definition) is 0. The number of aromatic nitrogens is 1. The minimum Gasteiger partial charge on any atom is -0.379 e. The lowest BCUT2D eigenvalue weighted by Gasteiger charge is -2.23. The van der Waals surface area contributed by atoms with Crippen LogP contribution in [0.1, 0.15) is 5.69 Å². The molecule has 0 aromatic carbocycles. The van der Waals surface area contributed by atoms with Crippen molar-refractivity contribution >= 4 is 0 Å². The topological polar surface area (TPSA) is 37.8 Å².